The van der Waals surface area contributed by atoms with Crippen LogP contribution in [0.1, 0.15) is 54.4 Å². The van der Waals surface area contributed by atoms with E-state index in [9.17, 15) is 19.5 Å². The van der Waals surface area contributed by atoms with E-state index in [1.165, 1.54) is 0 Å². The van der Waals surface area contributed by atoms with Gasteiger partial charge in [0, 0.05) is 37.5 Å². The fourth-order valence-corrected chi connectivity index (χ4v) is 7.36. The molecule has 6 atom stereocenters. The van der Waals surface area contributed by atoms with Gasteiger partial charge in [-0.25, -0.2) is 0 Å². The first kappa shape index (κ1) is 31.8. The van der Waals surface area contributed by atoms with Crippen LogP contribution in [-0.4, -0.2) is 88.3 Å². The van der Waals surface area contributed by atoms with Crippen molar-refractivity contribution in [1.29, 1.82) is 0 Å². The summed E-state index contributed by atoms with van der Waals surface area (Å²) in [6, 6.07) is 6.38. The topological polar surface area (TPSA) is 99.6 Å². The number of aliphatic hydroxyl groups is 1. The zero-order chi connectivity index (χ0) is 31.0. The third-order valence-corrected chi connectivity index (χ3v) is 9.30. The van der Waals surface area contributed by atoms with Gasteiger partial charge in [0.25, 0.3) is 0 Å². The van der Waals surface area contributed by atoms with Crippen molar-refractivity contribution >= 4 is 23.4 Å². The Morgan fingerprint density at radius 2 is 1.81 bits per heavy atom. The van der Waals surface area contributed by atoms with Crippen LogP contribution in [0.3, 0.4) is 0 Å². The molecule has 0 aliphatic carbocycles. The van der Waals surface area contributed by atoms with Gasteiger partial charge in [-0.3, -0.25) is 14.4 Å². The highest BCUT2D eigenvalue weighted by Crippen LogP contribution is 2.65. The number of hydrogen-bond donors (Lipinski definition) is 1. The Morgan fingerprint density at radius 3 is 2.36 bits per heavy atom. The van der Waals surface area contributed by atoms with Crippen molar-refractivity contribution in [2.45, 2.75) is 77.2 Å². The fraction of sp³-hybridized carbons (Fsp3) is 0.606. The van der Waals surface area contributed by atoms with E-state index in [-0.39, 0.29) is 43.3 Å². The minimum atomic E-state index is -1.17. The Bertz CT molecular complexity index is 1210. The number of aliphatic hydroxyl groups excluding tert-OH is 1. The molecule has 0 aromatic heterocycles. The lowest BCUT2D eigenvalue weighted by Gasteiger charge is -2.42. The van der Waals surface area contributed by atoms with Crippen molar-refractivity contribution in [2.24, 2.45) is 17.8 Å². The highest BCUT2D eigenvalue weighted by atomic mass is 16.5. The summed E-state index contributed by atoms with van der Waals surface area (Å²) in [6.45, 7) is 20.6. The van der Waals surface area contributed by atoms with E-state index in [1.807, 2.05) is 65.8 Å². The minimum Gasteiger partial charge on any atom is -0.494 e. The maximum atomic E-state index is 14.6. The molecule has 3 amide bonds. The zero-order valence-electron chi connectivity index (χ0n) is 26.0. The molecule has 1 aromatic carbocycles. The van der Waals surface area contributed by atoms with Crippen LogP contribution >= 0.6 is 0 Å². The largest absolute Gasteiger partial charge is 0.494 e. The van der Waals surface area contributed by atoms with Crippen molar-refractivity contribution in [2.75, 3.05) is 37.7 Å². The molecule has 3 saturated heterocycles. The van der Waals surface area contributed by atoms with Gasteiger partial charge in [-0.15, -0.1) is 13.2 Å². The average Bonchev–Trinajstić information content (AvgIpc) is 3.45. The predicted octanol–water partition coefficient (Wildman–Crippen LogP) is 3.81. The lowest BCUT2D eigenvalue weighted by Crippen LogP contribution is -2.60. The number of ether oxygens (including phenoxy) is 2. The summed E-state index contributed by atoms with van der Waals surface area (Å²) in [5, 5.41) is 9.67. The summed E-state index contributed by atoms with van der Waals surface area (Å²) in [4.78, 5) is 48.4. The molecule has 230 valence electrons. The predicted molar refractivity (Wildman–Crippen MR) is 162 cm³/mol. The number of fused-ring (bicyclic) bond motifs is 1. The first-order valence-electron chi connectivity index (χ1n) is 15.0. The summed E-state index contributed by atoms with van der Waals surface area (Å²) in [5.74, 6) is -1.76. The molecule has 0 radical (unpaired) electrons. The molecule has 3 aliphatic rings. The van der Waals surface area contributed by atoms with E-state index >= 15 is 0 Å². The van der Waals surface area contributed by atoms with Crippen molar-refractivity contribution in [1.82, 2.24) is 9.80 Å². The number of carbonyl (C=O) groups excluding carboxylic acids is 3. The maximum absolute atomic E-state index is 14.6. The maximum Gasteiger partial charge on any atom is 0.249 e. The molecule has 2 bridgehead atoms. The van der Waals surface area contributed by atoms with Crippen LogP contribution in [0.2, 0.25) is 0 Å². The van der Waals surface area contributed by atoms with E-state index in [4.69, 9.17) is 9.47 Å². The van der Waals surface area contributed by atoms with Crippen LogP contribution in [0.15, 0.2) is 49.6 Å². The van der Waals surface area contributed by atoms with Crippen molar-refractivity contribution in [3.63, 3.8) is 0 Å². The van der Waals surface area contributed by atoms with Crippen LogP contribution in [0.5, 0.6) is 5.75 Å². The summed E-state index contributed by atoms with van der Waals surface area (Å²) in [6.07, 6.45) is 4.14. The lowest BCUT2D eigenvalue weighted by molar-refractivity contribution is -0.155. The van der Waals surface area contributed by atoms with E-state index in [0.717, 1.165) is 0 Å². The Labute approximate surface area is 250 Å². The van der Waals surface area contributed by atoms with Crippen LogP contribution in [0.4, 0.5) is 5.69 Å². The van der Waals surface area contributed by atoms with Crippen LogP contribution in [0, 0.1) is 17.8 Å². The highest BCUT2D eigenvalue weighted by Gasteiger charge is 2.80. The first-order valence-corrected chi connectivity index (χ1v) is 15.0. The molecule has 42 heavy (non-hydrogen) atoms. The second-order valence-electron chi connectivity index (χ2n) is 12.9. The molecule has 3 unspecified atom stereocenters. The van der Waals surface area contributed by atoms with E-state index in [0.29, 0.717) is 37.4 Å². The Balaban J connectivity index is 1.81. The highest BCUT2D eigenvalue weighted by molar-refractivity contribution is 6.03. The number of hydrogen-bond acceptors (Lipinski definition) is 6. The van der Waals surface area contributed by atoms with Gasteiger partial charge in [-0.2, -0.15) is 0 Å². The molecule has 1 N–H and O–H groups in total. The molecule has 3 heterocycles. The molecule has 9 heteroatoms. The number of amides is 3. The molecule has 3 aliphatic heterocycles. The molecule has 4 rings (SSSR count). The van der Waals surface area contributed by atoms with Gasteiger partial charge in [0.15, 0.2) is 0 Å². The minimum absolute atomic E-state index is 0.0861. The van der Waals surface area contributed by atoms with E-state index < -0.39 is 34.6 Å². The third-order valence-electron chi connectivity index (χ3n) is 9.30. The van der Waals surface area contributed by atoms with E-state index in [1.54, 1.807) is 26.9 Å². The van der Waals surface area contributed by atoms with Gasteiger partial charge in [0.2, 0.25) is 17.7 Å². The number of carbonyl (C=O) groups is 3. The van der Waals surface area contributed by atoms with E-state index in [2.05, 4.69) is 13.2 Å². The summed E-state index contributed by atoms with van der Waals surface area (Å²) < 4.78 is 12.5. The summed E-state index contributed by atoms with van der Waals surface area (Å²) >= 11 is 0. The van der Waals surface area contributed by atoms with Crippen LogP contribution in [-0.2, 0) is 19.1 Å². The van der Waals surface area contributed by atoms with Gasteiger partial charge in [0.05, 0.1) is 24.0 Å². The molecule has 3 fully saturated rings. The second-order valence-corrected chi connectivity index (χ2v) is 12.9. The number of likely N-dealkylation sites (tertiary alicyclic amines) is 1. The van der Waals surface area contributed by atoms with Crippen LogP contribution < -0.4 is 9.64 Å². The fourth-order valence-electron chi connectivity index (χ4n) is 7.36. The van der Waals surface area contributed by atoms with Gasteiger partial charge >= 0.3 is 0 Å². The lowest BCUT2D eigenvalue weighted by atomic mass is 9.62. The monoisotopic (exact) mass is 581 g/mol. The Kier molecular flexibility index (Phi) is 8.95. The van der Waals surface area contributed by atoms with Crippen molar-refractivity contribution in [3.8, 4) is 5.75 Å². The standard InChI is InChI=1S/C33H47N3O6/c1-9-17-34(23-13-15-24(16-14-23)41-11-3)28(38)25-26-29(39)35(19-12-20-37)27(30(40)36(18-10-2)31(5,6)7)33(26)21-22(4)32(25,8)42-33/h9-10,13-16,22,25-27,37H,1-2,11-12,17-21H2,3-8H3/t22?,25-,26-,27?,32+,33?/m0/s1. The van der Waals surface area contributed by atoms with Gasteiger partial charge in [-0.05, 0) is 77.6 Å². The quantitative estimate of drug-likeness (QED) is 0.377. The second kappa shape index (κ2) is 11.8. The molecular formula is C33H47N3O6. The zero-order valence-corrected chi connectivity index (χ0v) is 26.0. The van der Waals surface area contributed by atoms with Crippen LogP contribution in [0.25, 0.3) is 0 Å². The van der Waals surface area contributed by atoms with Crippen molar-refractivity contribution in [3.05, 3.63) is 49.6 Å². The van der Waals surface area contributed by atoms with Gasteiger partial charge < -0.3 is 29.3 Å². The third kappa shape index (κ3) is 5.04. The number of nitrogens with zero attached hydrogens (tertiary/aromatic N) is 3. The Morgan fingerprint density at radius 1 is 1.17 bits per heavy atom. The normalized spacial score (nSPS) is 29.8. The summed E-state index contributed by atoms with van der Waals surface area (Å²) in [5.41, 5.74) is -1.99. The smallest absolute Gasteiger partial charge is 0.249 e. The number of anilines is 1. The average molecular weight is 582 g/mol. The number of rotatable bonds is 12. The number of benzene rings is 1. The van der Waals surface area contributed by atoms with Gasteiger partial charge in [0.1, 0.15) is 17.4 Å². The SMILES string of the molecule is C=CCN(C(=O)[C@@H]1[C@H]2C(=O)N(CCCO)C(C(=O)N(CC=C)C(C)(C)C)C23CC(C)[C@@]1(C)O3)c1ccc(OCC)cc1. The molecule has 0 saturated carbocycles. The summed E-state index contributed by atoms with van der Waals surface area (Å²) in [7, 11) is 0. The first-order chi connectivity index (χ1) is 19.8. The molecule has 1 aromatic rings. The van der Waals surface area contributed by atoms with Gasteiger partial charge in [-0.1, -0.05) is 19.1 Å². The molecular weight excluding hydrogens is 534 g/mol. The van der Waals surface area contributed by atoms with Crippen molar-refractivity contribution < 1.29 is 29.0 Å². The molecule has 9 nitrogen and oxygen atoms in total. The molecule has 1 spiro atoms. The Hall–Kier alpha value is -3.17.